The summed E-state index contributed by atoms with van der Waals surface area (Å²) in [6.07, 6.45) is 6.66. The molecular weight excluding hydrogens is 294 g/mol. The average molecular weight is 313 g/mol. The first kappa shape index (κ1) is 15.2. The molecule has 7 nitrogen and oxygen atoms in total. The summed E-state index contributed by atoms with van der Waals surface area (Å²) in [5.41, 5.74) is 0.577. The summed E-state index contributed by atoms with van der Waals surface area (Å²) in [6, 6.07) is 5.41. The van der Waals surface area contributed by atoms with Crippen molar-refractivity contribution in [1.82, 2.24) is 20.3 Å². The Labute approximate surface area is 134 Å². The molecule has 23 heavy (non-hydrogen) atoms. The molecule has 2 aromatic heterocycles. The van der Waals surface area contributed by atoms with Gasteiger partial charge in [-0.25, -0.2) is 9.97 Å². The lowest BCUT2D eigenvalue weighted by molar-refractivity contribution is 0.0932. The lowest BCUT2D eigenvalue weighted by Gasteiger charge is -2.33. The number of rotatable bonds is 4. The maximum atomic E-state index is 12.2. The van der Waals surface area contributed by atoms with E-state index >= 15 is 0 Å². The molecule has 1 aliphatic rings. The van der Waals surface area contributed by atoms with Gasteiger partial charge in [0.1, 0.15) is 12.1 Å². The van der Waals surface area contributed by atoms with Crippen LogP contribution in [0.4, 0.5) is 5.82 Å². The number of anilines is 1. The third kappa shape index (κ3) is 3.74. The maximum Gasteiger partial charge on any atom is 0.253 e. The number of nitrogens with one attached hydrogen (secondary N) is 1. The van der Waals surface area contributed by atoms with Gasteiger partial charge in [0.15, 0.2) is 0 Å². The molecule has 1 fully saturated rings. The van der Waals surface area contributed by atoms with Crippen molar-refractivity contribution in [3.05, 3.63) is 42.5 Å². The Bertz CT molecular complexity index is 665. The fourth-order valence-electron chi connectivity index (χ4n) is 2.68. The zero-order valence-corrected chi connectivity index (χ0v) is 13.0. The van der Waals surface area contributed by atoms with Gasteiger partial charge in [-0.05, 0) is 25.0 Å². The summed E-state index contributed by atoms with van der Waals surface area (Å²) >= 11 is 0. The second-order valence-corrected chi connectivity index (χ2v) is 5.42. The molecule has 1 unspecified atom stereocenters. The zero-order chi connectivity index (χ0) is 16.1. The minimum atomic E-state index is -0.0924. The van der Waals surface area contributed by atoms with Gasteiger partial charge in [0.25, 0.3) is 5.91 Å². The predicted molar refractivity (Wildman–Crippen MR) is 85.5 cm³/mol. The Morgan fingerprint density at radius 2 is 2.35 bits per heavy atom. The van der Waals surface area contributed by atoms with E-state index in [4.69, 9.17) is 4.74 Å². The molecule has 1 N–H and O–H groups in total. The van der Waals surface area contributed by atoms with E-state index in [1.165, 1.54) is 6.33 Å². The Morgan fingerprint density at radius 3 is 3.13 bits per heavy atom. The SMILES string of the molecule is COc1cc(N2CCCC(NC(=O)c3cccnc3)C2)ncn1. The smallest absolute Gasteiger partial charge is 0.253 e. The number of amides is 1. The van der Waals surface area contributed by atoms with Crippen molar-refractivity contribution in [2.45, 2.75) is 18.9 Å². The van der Waals surface area contributed by atoms with E-state index in [1.54, 1.807) is 31.6 Å². The minimum Gasteiger partial charge on any atom is -0.481 e. The largest absolute Gasteiger partial charge is 0.481 e. The summed E-state index contributed by atoms with van der Waals surface area (Å²) in [5.74, 6) is 1.26. The van der Waals surface area contributed by atoms with E-state index in [2.05, 4.69) is 25.2 Å². The predicted octanol–water partition coefficient (Wildman–Crippen LogP) is 1.28. The van der Waals surface area contributed by atoms with Crippen molar-refractivity contribution in [1.29, 1.82) is 0 Å². The number of ether oxygens (including phenoxy) is 1. The Kier molecular flexibility index (Phi) is 4.65. The number of nitrogens with zero attached hydrogens (tertiary/aromatic N) is 4. The van der Waals surface area contributed by atoms with E-state index in [9.17, 15) is 4.79 Å². The highest BCUT2D eigenvalue weighted by molar-refractivity contribution is 5.94. The molecule has 0 saturated carbocycles. The van der Waals surface area contributed by atoms with Crippen LogP contribution in [-0.2, 0) is 0 Å². The van der Waals surface area contributed by atoms with E-state index in [0.29, 0.717) is 18.0 Å². The van der Waals surface area contributed by atoms with Gasteiger partial charge in [-0.15, -0.1) is 0 Å². The molecule has 3 rings (SSSR count). The molecule has 1 amide bonds. The maximum absolute atomic E-state index is 12.2. The lowest BCUT2D eigenvalue weighted by Crippen LogP contribution is -2.48. The topological polar surface area (TPSA) is 80.2 Å². The molecule has 1 saturated heterocycles. The Balaban J connectivity index is 1.65. The van der Waals surface area contributed by atoms with E-state index in [-0.39, 0.29) is 11.9 Å². The molecule has 1 atom stereocenters. The molecule has 0 aliphatic carbocycles. The standard InChI is InChI=1S/C16H19N5O2/c1-23-15-8-14(18-11-19-15)21-7-3-5-13(10-21)20-16(22)12-4-2-6-17-9-12/h2,4,6,8-9,11,13H,3,5,7,10H2,1H3,(H,20,22). The molecule has 120 valence electrons. The second-order valence-electron chi connectivity index (χ2n) is 5.42. The Morgan fingerprint density at radius 1 is 1.43 bits per heavy atom. The van der Waals surface area contributed by atoms with Gasteiger partial charge in [0.2, 0.25) is 5.88 Å². The van der Waals surface area contributed by atoms with Crippen LogP contribution in [-0.4, -0.2) is 47.1 Å². The molecule has 0 radical (unpaired) electrons. The van der Waals surface area contributed by atoms with Gasteiger partial charge in [-0.2, -0.15) is 0 Å². The van der Waals surface area contributed by atoms with Crippen LogP contribution < -0.4 is 15.0 Å². The van der Waals surface area contributed by atoms with E-state index < -0.39 is 0 Å². The fraction of sp³-hybridized carbons (Fsp3) is 0.375. The highest BCUT2D eigenvalue weighted by Crippen LogP contribution is 2.20. The van der Waals surface area contributed by atoms with Crippen LogP contribution in [0.1, 0.15) is 23.2 Å². The molecular formula is C16H19N5O2. The van der Waals surface area contributed by atoms with Gasteiger partial charge in [-0.3, -0.25) is 9.78 Å². The number of carbonyl (C=O) groups is 1. The number of aromatic nitrogens is 3. The lowest BCUT2D eigenvalue weighted by atomic mass is 10.1. The highest BCUT2D eigenvalue weighted by atomic mass is 16.5. The monoisotopic (exact) mass is 313 g/mol. The minimum absolute atomic E-state index is 0.0809. The number of hydrogen-bond donors (Lipinski definition) is 1. The van der Waals surface area contributed by atoms with Crippen LogP contribution >= 0.6 is 0 Å². The third-order valence-electron chi connectivity index (χ3n) is 3.84. The highest BCUT2D eigenvalue weighted by Gasteiger charge is 2.23. The van der Waals surface area contributed by atoms with Crippen molar-refractivity contribution in [3.8, 4) is 5.88 Å². The number of methoxy groups -OCH3 is 1. The summed E-state index contributed by atoms with van der Waals surface area (Å²) in [4.78, 5) is 26.7. The van der Waals surface area contributed by atoms with Gasteiger partial charge in [-0.1, -0.05) is 0 Å². The van der Waals surface area contributed by atoms with Crippen LogP contribution in [0, 0.1) is 0 Å². The van der Waals surface area contributed by atoms with Crippen LogP contribution in [0.5, 0.6) is 5.88 Å². The first-order chi connectivity index (χ1) is 11.3. The normalized spacial score (nSPS) is 17.6. The van der Waals surface area contributed by atoms with Crippen LogP contribution in [0.25, 0.3) is 0 Å². The number of hydrogen-bond acceptors (Lipinski definition) is 6. The number of piperidine rings is 1. The van der Waals surface area contributed by atoms with Gasteiger partial charge < -0.3 is 15.0 Å². The van der Waals surface area contributed by atoms with Gasteiger partial charge in [0, 0.05) is 37.6 Å². The van der Waals surface area contributed by atoms with Crippen molar-refractivity contribution in [2.24, 2.45) is 0 Å². The van der Waals surface area contributed by atoms with Crippen molar-refractivity contribution >= 4 is 11.7 Å². The third-order valence-corrected chi connectivity index (χ3v) is 3.84. The summed E-state index contributed by atoms with van der Waals surface area (Å²) in [7, 11) is 1.58. The average Bonchev–Trinajstić information content (AvgIpc) is 2.63. The first-order valence-electron chi connectivity index (χ1n) is 7.58. The van der Waals surface area contributed by atoms with Crippen LogP contribution in [0.15, 0.2) is 36.9 Å². The molecule has 0 aromatic carbocycles. The summed E-state index contributed by atoms with van der Waals surface area (Å²) < 4.78 is 5.14. The fourth-order valence-corrected chi connectivity index (χ4v) is 2.68. The van der Waals surface area contributed by atoms with Crippen LogP contribution in [0.2, 0.25) is 0 Å². The molecule has 7 heteroatoms. The van der Waals surface area contributed by atoms with Crippen molar-refractivity contribution < 1.29 is 9.53 Å². The molecule has 0 spiro atoms. The van der Waals surface area contributed by atoms with Crippen molar-refractivity contribution in [2.75, 3.05) is 25.1 Å². The zero-order valence-electron chi connectivity index (χ0n) is 13.0. The first-order valence-corrected chi connectivity index (χ1v) is 7.58. The molecule has 2 aromatic rings. The van der Waals surface area contributed by atoms with Gasteiger partial charge in [0.05, 0.1) is 12.7 Å². The summed E-state index contributed by atoms with van der Waals surface area (Å²) in [6.45, 7) is 1.62. The summed E-state index contributed by atoms with van der Waals surface area (Å²) in [5, 5.41) is 3.07. The molecule has 1 aliphatic heterocycles. The van der Waals surface area contributed by atoms with Crippen LogP contribution in [0.3, 0.4) is 0 Å². The molecule has 0 bridgehead atoms. The van der Waals surface area contributed by atoms with Gasteiger partial charge >= 0.3 is 0 Å². The number of pyridine rings is 1. The van der Waals surface area contributed by atoms with E-state index in [0.717, 1.165) is 25.2 Å². The van der Waals surface area contributed by atoms with E-state index in [1.807, 2.05) is 6.07 Å². The Hall–Kier alpha value is -2.70. The number of carbonyl (C=O) groups excluding carboxylic acids is 1. The molecule has 3 heterocycles. The second kappa shape index (κ2) is 7.04. The van der Waals surface area contributed by atoms with Crippen molar-refractivity contribution in [3.63, 3.8) is 0 Å². The quantitative estimate of drug-likeness (QED) is 0.916.